The van der Waals surface area contributed by atoms with Gasteiger partial charge in [-0.2, -0.15) is 0 Å². The summed E-state index contributed by atoms with van der Waals surface area (Å²) in [6, 6.07) is 14.2. The van der Waals surface area contributed by atoms with Crippen molar-refractivity contribution < 1.29 is 17.9 Å². The van der Waals surface area contributed by atoms with E-state index in [9.17, 15) is 8.42 Å². The predicted octanol–water partition coefficient (Wildman–Crippen LogP) is 2.96. The van der Waals surface area contributed by atoms with Crippen molar-refractivity contribution in [2.75, 3.05) is 12.4 Å². The number of benzene rings is 2. The van der Waals surface area contributed by atoms with Gasteiger partial charge in [-0.15, -0.1) is 0 Å². The van der Waals surface area contributed by atoms with Gasteiger partial charge in [0.15, 0.2) is 9.84 Å². The van der Waals surface area contributed by atoms with Crippen LogP contribution in [0.25, 0.3) is 0 Å². The number of hydrogen-bond donors (Lipinski definition) is 0. The fourth-order valence-electron chi connectivity index (χ4n) is 2.04. The Balaban J connectivity index is 1.74. The van der Waals surface area contributed by atoms with E-state index in [1.165, 1.54) is 0 Å². The molecular weight excluding hydrogens is 288 g/mol. The molecule has 1 saturated heterocycles. The number of ether oxygens (including phenoxy) is 2. The quantitative estimate of drug-likeness (QED) is 0.797. The van der Waals surface area contributed by atoms with Gasteiger partial charge in [0.2, 0.25) is 0 Å². The molecule has 0 amide bonds. The van der Waals surface area contributed by atoms with Crippen LogP contribution in [0.1, 0.15) is 5.56 Å². The molecule has 1 aliphatic heterocycles. The summed E-state index contributed by atoms with van der Waals surface area (Å²) < 4.78 is 34.8. The molecule has 0 aromatic heterocycles. The van der Waals surface area contributed by atoms with Crippen LogP contribution in [0.2, 0.25) is 0 Å². The molecule has 2 aromatic carbocycles. The van der Waals surface area contributed by atoms with Gasteiger partial charge in [-0.1, -0.05) is 12.1 Å². The minimum Gasteiger partial charge on any atom is -0.457 e. The van der Waals surface area contributed by atoms with Crippen LogP contribution in [-0.4, -0.2) is 26.9 Å². The van der Waals surface area contributed by atoms with Crippen LogP contribution in [0.4, 0.5) is 0 Å². The average Bonchev–Trinajstić information content (AvgIpc) is 3.23. The van der Waals surface area contributed by atoms with Crippen LogP contribution in [-0.2, 0) is 14.6 Å². The molecule has 1 aliphatic rings. The van der Waals surface area contributed by atoms with E-state index in [1.54, 1.807) is 24.3 Å². The van der Waals surface area contributed by atoms with E-state index in [4.69, 9.17) is 9.47 Å². The zero-order chi connectivity index (χ0) is 14.9. The molecule has 0 bridgehead atoms. The summed E-state index contributed by atoms with van der Waals surface area (Å²) in [5.74, 6) is 1.39. The van der Waals surface area contributed by atoms with E-state index in [0.29, 0.717) is 17.3 Å². The van der Waals surface area contributed by atoms with Crippen molar-refractivity contribution in [1.29, 1.82) is 0 Å². The van der Waals surface area contributed by atoms with Gasteiger partial charge in [0, 0.05) is 0 Å². The topological polar surface area (TPSA) is 55.9 Å². The van der Waals surface area contributed by atoms with E-state index >= 15 is 0 Å². The van der Waals surface area contributed by atoms with Crippen LogP contribution >= 0.6 is 0 Å². The largest absolute Gasteiger partial charge is 0.457 e. The summed E-state index contributed by atoms with van der Waals surface area (Å²) in [5, 5.41) is 0. The second-order valence-electron chi connectivity index (χ2n) is 5.13. The summed E-state index contributed by atoms with van der Waals surface area (Å²) in [7, 11) is -3.27. The minimum absolute atomic E-state index is 0.0467. The summed E-state index contributed by atoms with van der Waals surface area (Å²) in [6.45, 7) is 2.52. The molecule has 3 rings (SSSR count). The van der Waals surface area contributed by atoms with Crippen molar-refractivity contribution in [2.24, 2.45) is 0 Å². The standard InChI is InChI=1S/C16H16O4S/c1-12-3-2-4-14(9-12)20-13-5-7-16(8-6-13)21(17,18)11-15-10-19-15/h2-9,15H,10-11H2,1H3. The second kappa shape index (κ2) is 5.50. The first kappa shape index (κ1) is 14.1. The third-order valence-corrected chi connectivity index (χ3v) is 5.02. The minimum atomic E-state index is -3.27. The number of hydrogen-bond acceptors (Lipinski definition) is 4. The lowest BCUT2D eigenvalue weighted by molar-refractivity contribution is 0.422. The maximum Gasteiger partial charge on any atom is 0.181 e. The maximum absolute atomic E-state index is 12.1. The molecule has 0 radical (unpaired) electrons. The second-order valence-corrected chi connectivity index (χ2v) is 7.16. The van der Waals surface area contributed by atoms with Gasteiger partial charge in [-0.25, -0.2) is 8.42 Å². The number of rotatable bonds is 5. The Morgan fingerprint density at radius 2 is 1.86 bits per heavy atom. The molecule has 21 heavy (non-hydrogen) atoms. The first-order valence-electron chi connectivity index (χ1n) is 6.72. The number of aryl methyl sites for hydroxylation is 1. The van der Waals surface area contributed by atoms with Crippen molar-refractivity contribution in [2.45, 2.75) is 17.9 Å². The summed E-state index contributed by atoms with van der Waals surface area (Å²) in [4.78, 5) is 0.301. The first-order valence-corrected chi connectivity index (χ1v) is 8.37. The fraction of sp³-hybridized carbons (Fsp3) is 0.250. The van der Waals surface area contributed by atoms with Crippen LogP contribution in [0.15, 0.2) is 53.4 Å². The van der Waals surface area contributed by atoms with E-state index in [-0.39, 0.29) is 11.9 Å². The molecule has 2 aromatic rings. The van der Waals surface area contributed by atoms with Gasteiger partial charge in [0.1, 0.15) is 11.5 Å². The van der Waals surface area contributed by atoms with Crippen molar-refractivity contribution >= 4 is 9.84 Å². The summed E-state index contributed by atoms with van der Waals surface area (Å²) in [5.41, 5.74) is 1.11. The highest BCUT2D eigenvalue weighted by atomic mass is 32.2. The van der Waals surface area contributed by atoms with Crippen molar-refractivity contribution in [3.63, 3.8) is 0 Å². The van der Waals surface area contributed by atoms with E-state index in [1.807, 2.05) is 31.2 Å². The highest BCUT2D eigenvalue weighted by molar-refractivity contribution is 7.91. The van der Waals surface area contributed by atoms with Gasteiger partial charge >= 0.3 is 0 Å². The SMILES string of the molecule is Cc1cccc(Oc2ccc(S(=O)(=O)CC3CO3)cc2)c1. The van der Waals surface area contributed by atoms with Crippen molar-refractivity contribution in [3.8, 4) is 11.5 Å². The molecule has 4 nitrogen and oxygen atoms in total. The Hall–Kier alpha value is -1.85. The molecular formula is C16H16O4S. The monoisotopic (exact) mass is 304 g/mol. The van der Waals surface area contributed by atoms with E-state index < -0.39 is 9.84 Å². The third-order valence-electron chi connectivity index (χ3n) is 3.22. The zero-order valence-electron chi connectivity index (χ0n) is 11.7. The molecule has 110 valence electrons. The van der Waals surface area contributed by atoms with Gasteiger partial charge in [0.25, 0.3) is 0 Å². The maximum atomic E-state index is 12.1. The van der Waals surface area contributed by atoms with Crippen molar-refractivity contribution in [3.05, 3.63) is 54.1 Å². The fourth-order valence-corrected chi connectivity index (χ4v) is 3.46. The normalized spacial score (nSPS) is 17.5. The van der Waals surface area contributed by atoms with Crippen LogP contribution in [0.3, 0.4) is 0 Å². The zero-order valence-corrected chi connectivity index (χ0v) is 12.5. The molecule has 0 aliphatic carbocycles. The smallest absolute Gasteiger partial charge is 0.181 e. The predicted molar refractivity (Wildman–Crippen MR) is 79.5 cm³/mol. The molecule has 1 unspecified atom stereocenters. The van der Waals surface area contributed by atoms with E-state index in [2.05, 4.69) is 0 Å². The average molecular weight is 304 g/mol. The van der Waals surface area contributed by atoms with Crippen LogP contribution in [0, 0.1) is 6.92 Å². The Bertz CT molecular complexity index is 731. The Morgan fingerprint density at radius 3 is 2.48 bits per heavy atom. The van der Waals surface area contributed by atoms with Crippen LogP contribution < -0.4 is 4.74 Å². The molecule has 0 saturated carbocycles. The third kappa shape index (κ3) is 3.62. The number of epoxide rings is 1. The van der Waals surface area contributed by atoms with Crippen LogP contribution in [0.5, 0.6) is 11.5 Å². The summed E-state index contributed by atoms with van der Waals surface area (Å²) in [6.07, 6.45) is -0.141. The Kier molecular flexibility index (Phi) is 3.69. The van der Waals surface area contributed by atoms with Gasteiger partial charge < -0.3 is 9.47 Å². The number of sulfone groups is 1. The van der Waals surface area contributed by atoms with Gasteiger partial charge in [0.05, 0.1) is 23.4 Å². The summed E-state index contributed by atoms with van der Waals surface area (Å²) >= 11 is 0. The molecule has 1 fully saturated rings. The molecule has 1 heterocycles. The lowest BCUT2D eigenvalue weighted by atomic mass is 10.2. The highest BCUT2D eigenvalue weighted by Crippen LogP contribution is 2.25. The lowest BCUT2D eigenvalue weighted by Gasteiger charge is -2.07. The van der Waals surface area contributed by atoms with E-state index in [0.717, 1.165) is 11.3 Å². The molecule has 1 atom stereocenters. The Morgan fingerprint density at radius 1 is 1.14 bits per heavy atom. The lowest BCUT2D eigenvalue weighted by Crippen LogP contribution is -2.11. The molecule has 0 N–H and O–H groups in total. The molecule has 0 spiro atoms. The first-order chi connectivity index (χ1) is 10.0. The van der Waals surface area contributed by atoms with Gasteiger partial charge in [-0.05, 0) is 48.9 Å². The molecule has 5 heteroatoms. The Labute approximate surface area is 124 Å². The van der Waals surface area contributed by atoms with Gasteiger partial charge in [-0.3, -0.25) is 0 Å². The van der Waals surface area contributed by atoms with Crippen molar-refractivity contribution in [1.82, 2.24) is 0 Å². The highest BCUT2D eigenvalue weighted by Gasteiger charge is 2.30.